The average Bonchev–Trinajstić information content (AvgIpc) is 2.41. The zero-order valence-corrected chi connectivity index (χ0v) is 12.4. The highest BCUT2D eigenvalue weighted by atomic mass is 79.9. The van der Waals surface area contributed by atoms with E-state index in [4.69, 9.17) is 11.6 Å². The maximum atomic E-state index is 12.0. The van der Waals surface area contributed by atoms with E-state index in [1.54, 1.807) is 12.3 Å². The zero-order chi connectivity index (χ0) is 13.7. The lowest BCUT2D eigenvalue weighted by Crippen LogP contribution is -2.12. The third-order valence-electron chi connectivity index (χ3n) is 2.56. The summed E-state index contributed by atoms with van der Waals surface area (Å²) in [6.07, 6.45) is 3.99. The van der Waals surface area contributed by atoms with Crippen molar-refractivity contribution in [2.24, 2.45) is 0 Å². The summed E-state index contributed by atoms with van der Waals surface area (Å²) in [4.78, 5) is 15.9. The molecule has 0 atom stereocenters. The lowest BCUT2D eigenvalue weighted by Gasteiger charge is -2.06. The number of anilines is 1. The van der Waals surface area contributed by atoms with Gasteiger partial charge >= 0.3 is 0 Å². The Hall–Kier alpha value is -1.39. The van der Waals surface area contributed by atoms with Gasteiger partial charge < -0.3 is 5.32 Å². The van der Waals surface area contributed by atoms with Gasteiger partial charge in [-0.2, -0.15) is 0 Å². The Balaban J connectivity index is 2.06. The average molecular weight is 340 g/mol. The SMILES string of the molecule is O=C(Nc1ccc(CCCl)cc1)c1cncc(Br)c1. The summed E-state index contributed by atoms with van der Waals surface area (Å²) in [5.74, 6) is 0.411. The number of aryl methyl sites for hydroxylation is 1. The van der Waals surface area contributed by atoms with Gasteiger partial charge in [-0.3, -0.25) is 9.78 Å². The molecule has 2 rings (SSSR count). The Bertz CT molecular complexity index is 572. The molecule has 1 amide bonds. The predicted molar refractivity (Wildman–Crippen MR) is 80.8 cm³/mol. The maximum Gasteiger partial charge on any atom is 0.257 e. The Morgan fingerprint density at radius 1 is 1.26 bits per heavy atom. The summed E-state index contributed by atoms with van der Waals surface area (Å²) in [6.45, 7) is 0. The first-order valence-corrected chi connectivity index (χ1v) is 7.08. The summed E-state index contributed by atoms with van der Waals surface area (Å²) < 4.78 is 0.776. The summed E-state index contributed by atoms with van der Waals surface area (Å²) in [6, 6.07) is 9.37. The predicted octanol–water partition coefficient (Wildman–Crippen LogP) is 3.88. The number of pyridine rings is 1. The summed E-state index contributed by atoms with van der Waals surface area (Å²) in [5, 5.41) is 2.82. The fraction of sp³-hybridized carbons (Fsp3) is 0.143. The first-order chi connectivity index (χ1) is 9.19. The van der Waals surface area contributed by atoms with Crippen LogP contribution in [0.4, 0.5) is 5.69 Å². The van der Waals surface area contributed by atoms with Crippen molar-refractivity contribution in [3.63, 3.8) is 0 Å². The Kier molecular flexibility index (Phi) is 4.93. The molecule has 1 aromatic carbocycles. The van der Waals surface area contributed by atoms with Gasteiger partial charge in [0.05, 0.1) is 5.56 Å². The second kappa shape index (κ2) is 6.68. The number of amides is 1. The van der Waals surface area contributed by atoms with Gasteiger partial charge in [0.15, 0.2) is 0 Å². The van der Waals surface area contributed by atoms with Crippen LogP contribution < -0.4 is 5.32 Å². The molecule has 1 heterocycles. The first-order valence-electron chi connectivity index (χ1n) is 5.76. The molecule has 0 radical (unpaired) electrons. The lowest BCUT2D eigenvalue weighted by molar-refractivity contribution is 0.102. The molecule has 0 aliphatic heterocycles. The highest BCUT2D eigenvalue weighted by molar-refractivity contribution is 9.10. The van der Waals surface area contributed by atoms with E-state index in [1.165, 1.54) is 6.20 Å². The van der Waals surface area contributed by atoms with Crippen molar-refractivity contribution < 1.29 is 4.79 Å². The fourth-order valence-electron chi connectivity index (χ4n) is 1.60. The van der Waals surface area contributed by atoms with Crippen molar-refractivity contribution in [2.75, 3.05) is 11.2 Å². The normalized spacial score (nSPS) is 10.2. The van der Waals surface area contributed by atoms with Crippen LogP contribution in [0.1, 0.15) is 15.9 Å². The minimum Gasteiger partial charge on any atom is -0.322 e. The van der Waals surface area contributed by atoms with Crippen LogP contribution >= 0.6 is 27.5 Å². The van der Waals surface area contributed by atoms with Gasteiger partial charge in [0.1, 0.15) is 0 Å². The molecule has 1 N–H and O–H groups in total. The van der Waals surface area contributed by atoms with Crippen molar-refractivity contribution in [3.8, 4) is 0 Å². The van der Waals surface area contributed by atoms with Gasteiger partial charge in [-0.05, 0) is 46.1 Å². The number of nitrogens with one attached hydrogen (secondary N) is 1. The van der Waals surface area contributed by atoms with Crippen LogP contribution in [0.5, 0.6) is 0 Å². The van der Waals surface area contributed by atoms with Gasteiger partial charge in [0, 0.05) is 28.4 Å². The monoisotopic (exact) mass is 338 g/mol. The molecular weight excluding hydrogens is 328 g/mol. The summed E-state index contributed by atoms with van der Waals surface area (Å²) in [7, 11) is 0. The van der Waals surface area contributed by atoms with Crippen molar-refractivity contribution in [1.29, 1.82) is 0 Å². The molecule has 0 aliphatic carbocycles. The number of benzene rings is 1. The molecule has 0 aliphatic rings. The molecule has 1 aromatic heterocycles. The van der Waals surface area contributed by atoms with Crippen LogP contribution in [0.3, 0.4) is 0 Å². The second-order valence-electron chi connectivity index (χ2n) is 3.98. The first kappa shape index (κ1) is 14.0. The molecule has 98 valence electrons. The maximum absolute atomic E-state index is 12.0. The molecule has 0 fully saturated rings. The zero-order valence-electron chi connectivity index (χ0n) is 10.1. The lowest BCUT2D eigenvalue weighted by atomic mass is 10.1. The number of rotatable bonds is 4. The Labute approximate surface area is 125 Å². The molecule has 3 nitrogen and oxygen atoms in total. The van der Waals surface area contributed by atoms with E-state index in [9.17, 15) is 4.79 Å². The minimum atomic E-state index is -0.182. The van der Waals surface area contributed by atoms with E-state index in [0.29, 0.717) is 11.4 Å². The third kappa shape index (κ3) is 4.04. The van der Waals surface area contributed by atoms with Crippen molar-refractivity contribution in [2.45, 2.75) is 6.42 Å². The summed E-state index contributed by atoms with van der Waals surface area (Å²) >= 11 is 8.96. The topological polar surface area (TPSA) is 42.0 Å². The largest absolute Gasteiger partial charge is 0.322 e. The summed E-state index contributed by atoms with van der Waals surface area (Å²) in [5.41, 5.74) is 2.42. The van der Waals surface area contributed by atoms with Gasteiger partial charge in [0.25, 0.3) is 5.91 Å². The molecule has 0 bridgehead atoms. The van der Waals surface area contributed by atoms with E-state index < -0.39 is 0 Å². The van der Waals surface area contributed by atoms with E-state index in [2.05, 4.69) is 26.2 Å². The standard InChI is InChI=1S/C14H12BrClN2O/c15-12-7-11(8-17-9-12)14(19)18-13-3-1-10(2-4-13)5-6-16/h1-4,7-9H,5-6H2,(H,18,19). The fourth-order valence-corrected chi connectivity index (χ4v) is 2.19. The number of nitrogens with zero attached hydrogens (tertiary/aromatic N) is 1. The van der Waals surface area contributed by atoms with Crippen LogP contribution in [0.15, 0.2) is 47.2 Å². The van der Waals surface area contributed by atoms with Gasteiger partial charge in [-0.25, -0.2) is 0 Å². The van der Waals surface area contributed by atoms with Gasteiger partial charge in [-0.1, -0.05) is 12.1 Å². The molecule has 0 spiro atoms. The van der Waals surface area contributed by atoms with Crippen LogP contribution in [0.2, 0.25) is 0 Å². The number of carbonyl (C=O) groups excluding carboxylic acids is 1. The number of hydrogen-bond donors (Lipinski definition) is 1. The number of hydrogen-bond acceptors (Lipinski definition) is 2. The number of alkyl halides is 1. The van der Waals surface area contributed by atoms with Crippen LogP contribution in [0.25, 0.3) is 0 Å². The molecule has 0 saturated heterocycles. The van der Waals surface area contributed by atoms with E-state index in [-0.39, 0.29) is 5.91 Å². The molecule has 19 heavy (non-hydrogen) atoms. The van der Waals surface area contributed by atoms with Gasteiger partial charge in [0.2, 0.25) is 0 Å². The minimum absolute atomic E-state index is 0.182. The molecule has 0 saturated carbocycles. The van der Waals surface area contributed by atoms with E-state index in [1.807, 2.05) is 24.3 Å². The second-order valence-corrected chi connectivity index (χ2v) is 5.28. The van der Waals surface area contributed by atoms with Crippen molar-refractivity contribution in [3.05, 3.63) is 58.3 Å². The molecule has 5 heteroatoms. The molecular formula is C14H12BrClN2O. The highest BCUT2D eigenvalue weighted by Gasteiger charge is 2.06. The highest BCUT2D eigenvalue weighted by Crippen LogP contribution is 2.14. The van der Waals surface area contributed by atoms with Crippen LogP contribution in [0, 0.1) is 0 Å². The van der Waals surface area contributed by atoms with Crippen LogP contribution in [-0.4, -0.2) is 16.8 Å². The molecule has 2 aromatic rings. The van der Waals surface area contributed by atoms with Crippen molar-refractivity contribution in [1.82, 2.24) is 4.98 Å². The smallest absolute Gasteiger partial charge is 0.257 e. The van der Waals surface area contributed by atoms with E-state index in [0.717, 1.165) is 22.1 Å². The van der Waals surface area contributed by atoms with E-state index >= 15 is 0 Å². The third-order valence-corrected chi connectivity index (χ3v) is 3.18. The van der Waals surface area contributed by atoms with Crippen molar-refractivity contribution >= 4 is 39.1 Å². The number of aromatic nitrogens is 1. The number of carbonyl (C=O) groups is 1. The molecule has 0 unspecified atom stereocenters. The van der Waals surface area contributed by atoms with Gasteiger partial charge in [-0.15, -0.1) is 11.6 Å². The number of halogens is 2. The Morgan fingerprint density at radius 3 is 2.63 bits per heavy atom. The Morgan fingerprint density at radius 2 is 2.00 bits per heavy atom. The van der Waals surface area contributed by atoms with Crippen LogP contribution in [-0.2, 0) is 6.42 Å². The quantitative estimate of drug-likeness (QED) is 0.859.